The van der Waals surface area contributed by atoms with E-state index in [9.17, 15) is 0 Å². The number of pyridine rings is 1. The van der Waals surface area contributed by atoms with Crippen LogP contribution in [0.2, 0.25) is 0 Å². The Morgan fingerprint density at radius 3 is 2.68 bits per heavy atom. The number of aryl methyl sites for hydroxylation is 1. The maximum atomic E-state index is 8.84. The molecule has 1 aliphatic carbocycles. The van der Waals surface area contributed by atoms with Gasteiger partial charge in [-0.05, 0) is 44.5 Å². The maximum Gasteiger partial charge on any atom is 0.162 e. The van der Waals surface area contributed by atoms with Crippen LogP contribution in [0.4, 0.5) is 5.82 Å². The molecule has 6 nitrogen and oxygen atoms in total. The Labute approximate surface area is 189 Å². The minimum absolute atomic E-state index is 0.142. The van der Waals surface area contributed by atoms with Gasteiger partial charge in [0.15, 0.2) is 5.82 Å². The summed E-state index contributed by atoms with van der Waals surface area (Å²) in [6.07, 6.45) is 12.1. The van der Waals surface area contributed by atoms with Gasteiger partial charge in [-0.1, -0.05) is 50.7 Å². The Morgan fingerprint density at radius 2 is 2.03 bits per heavy atom. The van der Waals surface area contributed by atoms with Gasteiger partial charge in [-0.2, -0.15) is 0 Å². The van der Waals surface area contributed by atoms with Crippen molar-refractivity contribution in [3.63, 3.8) is 0 Å². The van der Waals surface area contributed by atoms with Crippen LogP contribution in [-0.4, -0.2) is 26.7 Å². The maximum absolute atomic E-state index is 8.84. The third-order valence-corrected chi connectivity index (χ3v) is 8.22. The van der Waals surface area contributed by atoms with Crippen molar-refractivity contribution in [2.24, 2.45) is 5.73 Å². The van der Waals surface area contributed by atoms with E-state index in [1.54, 1.807) is 6.20 Å². The number of anilines is 1. The van der Waals surface area contributed by atoms with Gasteiger partial charge in [-0.3, -0.25) is 9.76 Å². The Hall–Kier alpha value is -2.28. The number of rotatable bonds is 11. The van der Waals surface area contributed by atoms with Crippen LogP contribution in [0.15, 0.2) is 24.5 Å². The number of nitrogens with one attached hydrogen (secondary N) is 2. The zero-order valence-corrected chi connectivity index (χ0v) is 20.1. The molecule has 2 aromatic heterocycles. The second-order valence-electron chi connectivity index (χ2n) is 8.55. The molecule has 1 atom stereocenters. The topological polar surface area (TPSA) is 101 Å². The van der Waals surface area contributed by atoms with Crippen molar-refractivity contribution < 1.29 is 0 Å². The van der Waals surface area contributed by atoms with Crippen molar-refractivity contribution in [2.45, 2.75) is 76.2 Å². The molecule has 2 aromatic rings. The second kappa shape index (κ2) is 10.4. The van der Waals surface area contributed by atoms with Gasteiger partial charge in [0.1, 0.15) is 5.82 Å². The molecule has 1 fully saturated rings. The molecule has 0 amide bonds. The van der Waals surface area contributed by atoms with E-state index < -0.39 is 10.7 Å². The molecule has 2 heterocycles. The molecule has 0 saturated heterocycles. The van der Waals surface area contributed by atoms with Gasteiger partial charge in [0, 0.05) is 40.9 Å². The fourth-order valence-electron chi connectivity index (χ4n) is 3.89. The van der Waals surface area contributed by atoms with Gasteiger partial charge >= 0.3 is 0 Å². The Morgan fingerprint density at radius 1 is 1.26 bits per heavy atom. The third-order valence-electron chi connectivity index (χ3n) is 5.82. The summed E-state index contributed by atoms with van der Waals surface area (Å²) in [6, 6.07) is 4.04. The zero-order chi connectivity index (χ0) is 22.4. The number of unbranched alkanes of at least 4 members (excludes halogenated alkanes) is 3. The number of aromatic nitrogens is 3. The molecule has 1 unspecified atom stereocenters. The molecule has 0 aromatic carbocycles. The Bertz CT molecular complexity index is 949. The van der Waals surface area contributed by atoms with E-state index in [1.165, 1.54) is 25.5 Å². The third kappa shape index (κ3) is 5.32. The molecule has 0 aliphatic heterocycles. The number of nitrogens with zero attached hydrogens (tertiary/aromatic N) is 3. The van der Waals surface area contributed by atoms with Crippen LogP contribution in [0.1, 0.15) is 76.2 Å². The fourth-order valence-corrected chi connectivity index (χ4v) is 5.67. The van der Waals surface area contributed by atoms with Crippen LogP contribution in [0.5, 0.6) is 0 Å². The highest BCUT2D eigenvalue weighted by atomic mass is 32.2. The number of hydrogen-bond donors (Lipinski definition) is 3. The normalized spacial score (nSPS) is 16.0. The minimum Gasteiger partial charge on any atom is -0.405 e. The summed E-state index contributed by atoms with van der Waals surface area (Å²) in [6.45, 7) is 9.37. The van der Waals surface area contributed by atoms with Crippen molar-refractivity contribution in [2.75, 3.05) is 11.9 Å². The van der Waals surface area contributed by atoms with Crippen molar-refractivity contribution in [3.05, 3.63) is 41.5 Å². The molecule has 4 N–H and O–H groups in total. The van der Waals surface area contributed by atoms with E-state index in [0.29, 0.717) is 11.1 Å². The molecule has 31 heavy (non-hydrogen) atoms. The summed E-state index contributed by atoms with van der Waals surface area (Å²) < 4.78 is 8.70. The van der Waals surface area contributed by atoms with Crippen LogP contribution in [0, 0.1) is 11.7 Å². The SMILES string of the molecule is CCCCCCNc1cc(C2(S(=N)C(C)C)CC2)nc(-c2ccnc(C)c2/C=C\N)n1. The van der Waals surface area contributed by atoms with Gasteiger partial charge < -0.3 is 11.1 Å². The van der Waals surface area contributed by atoms with E-state index in [-0.39, 0.29) is 4.75 Å². The van der Waals surface area contributed by atoms with E-state index in [2.05, 4.69) is 37.1 Å². The van der Waals surface area contributed by atoms with Crippen LogP contribution in [-0.2, 0) is 15.4 Å². The summed E-state index contributed by atoms with van der Waals surface area (Å²) in [5, 5.41) is 3.83. The smallest absolute Gasteiger partial charge is 0.162 e. The lowest BCUT2D eigenvalue weighted by Crippen LogP contribution is -2.23. The standard InChI is InChI=1S/C24H36N6S/c1-5-6-7-8-14-28-22-16-21(24(11-12-24)31(26)17(2)3)29-23(30-22)20-10-15-27-18(4)19(20)9-13-25/h9-10,13,15-17,26H,5-8,11-12,14,25H2,1-4H3,(H,28,29,30)/b13-9-. The highest BCUT2D eigenvalue weighted by molar-refractivity contribution is 7.87. The van der Waals surface area contributed by atoms with Crippen LogP contribution >= 0.6 is 0 Å². The van der Waals surface area contributed by atoms with Crippen LogP contribution in [0.25, 0.3) is 17.5 Å². The summed E-state index contributed by atoms with van der Waals surface area (Å²) >= 11 is 0. The van der Waals surface area contributed by atoms with Crippen LogP contribution < -0.4 is 11.1 Å². The fraction of sp³-hybridized carbons (Fsp3) is 0.542. The van der Waals surface area contributed by atoms with Crippen molar-refractivity contribution >= 4 is 22.6 Å². The first kappa shape index (κ1) is 23.4. The summed E-state index contributed by atoms with van der Waals surface area (Å²) in [5.74, 6) is 1.53. The van der Waals surface area contributed by atoms with Gasteiger partial charge in [-0.25, -0.2) is 9.97 Å². The molecular weight excluding hydrogens is 404 g/mol. The van der Waals surface area contributed by atoms with Gasteiger partial charge in [0.25, 0.3) is 0 Å². The molecular formula is C24H36N6S. The molecule has 0 radical (unpaired) electrons. The molecule has 1 saturated carbocycles. The van der Waals surface area contributed by atoms with Crippen molar-refractivity contribution in [1.29, 1.82) is 4.78 Å². The quantitative estimate of drug-likeness (QED) is 0.398. The molecule has 3 rings (SSSR count). The monoisotopic (exact) mass is 440 g/mol. The van der Waals surface area contributed by atoms with Crippen LogP contribution in [0.3, 0.4) is 0 Å². The number of hydrogen-bond acceptors (Lipinski definition) is 6. The second-order valence-corrected chi connectivity index (χ2v) is 10.9. The largest absolute Gasteiger partial charge is 0.405 e. The summed E-state index contributed by atoms with van der Waals surface area (Å²) in [4.78, 5) is 14.3. The highest BCUT2D eigenvalue weighted by Crippen LogP contribution is 2.52. The summed E-state index contributed by atoms with van der Waals surface area (Å²) in [5.41, 5.74) is 9.47. The van der Waals surface area contributed by atoms with Crippen molar-refractivity contribution in [3.8, 4) is 11.4 Å². The lowest BCUT2D eigenvalue weighted by molar-refractivity contribution is 0.684. The van der Waals surface area contributed by atoms with E-state index in [4.69, 9.17) is 20.5 Å². The first-order valence-corrected chi connectivity index (χ1v) is 12.6. The van der Waals surface area contributed by atoms with Crippen molar-refractivity contribution in [1.82, 2.24) is 15.0 Å². The molecule has 168 valence electrons. The first-order chi connectivity index (χ1) is 14.9. The Balaban J connectivity index is 2.02. The Kier molecular flexibility index (Phi) is 7.81. The van der Waals surface area contributed by atoms with Gasteiger partial charge in [0.2, 0.25) is 0 Å². The molecule has 1 aliphatic rings. The average molecular weight is 441 g/mol. The molecule has 7 heteroatoms. The average Bonchev–Trinajstić information content (AvgIpc) is 3.56. The molecule has 0 spiro atoms. The lowest BCUT2D eigenvalue weighted by Gasteiger charge is -2.22. The van der Waals surface area contributed by atoms with E-state index in [1.807, 2.05) is 19.1 Å². The molecule has 0 bridgehead atoms. The number of nitrogens with two attached hydrogens (primary N) is 1. The van der Waals surface area contributed by atoms with E-state index in [0.717, 1.165) is 54.1 Å². The minimum atomic E-state index is -0.482. The summed E-state index contributed by atoms with van der Waals surface area (Å²) in [7, 11) is -0.482. The van der Waals surface area contributed by atoms with Gasteiger partial charge in [-0.15, -0.1) is 0 Å². The van der Waals surface area contributed by atoms with Gasteiger partial charge in [0.05, 0.1) is 10.4 Å². The predicted molar refractivity (Wildman–Crippen MR) is 132 cm³/mol. The zero-order valence-electron chi connectivity index (χ0n) is 19.2. The predicted octanol–water partition coefficient (Wildman–Crippen LogP) is 5.55. The first-order valence-electron chi connectivity index (χ1n) is 11.3. The lowest BCUT2D eigenvalue weighted by atomic mass is 10.1. The van der Waals surface area contributed by atoms with E-state index >= 15 is 0 Å². The highest BCUT2D eigenvalue weighted by Gasteiger charge is 2.50.